The standard InChI is InChI=1S/C22H26ClN3O3/c1-29-20-9-6-17(7-10-20)8-11-21(27)25-12-3-13-26(15-14-25)22(28)24-19-5-2-4-18(23)16-19/h2,4-7,9-10,16H,3,8,11-15H2,1H3,(H,24,28). The Morgan fingerprint density at radius 3 is 2.48 bits per heavy atom. The average Bonchev–Trinajstić information content (AvgIpc) is 2.99. The molecule has 1 aliphatic rings. The van der Waals surface area contributed by atoms with Crippen molar-refractivity contribution in [1.82, 2.24) is 9.80 Å². The van der Waals surface area contributed by atoms with Crippen LogP contribution < -0.4 is 10.1 Å². The number of benzene rings is 2. The molecule has 0 saturated carbocycles. The molecule has 1 heterocycles. The molecule has 0 unspecified atom stereocenters. The van der Waals surface area contributed by atoms with E-state index in [0.717, 1.165) is 17.7 Å². The maximum Gasteiger partial charge on any atom is 0.321 e. The molecule has 3 amide bonds. The average molecular weight is 416 g/mol. The second-order valence-electron chi connectivity index (χ2n) is 7.01. The number of aryl methyl sites for hydroxylation is 1. The molecule has 154 valence electrons. The zero-order chi connectivity index (χ0) is 20.6. The molecule has 0 radical (unpaired) electrons. The highest BCUT2D eigenvalue weighted by Gasteiger charge is 2.22. The van der Waals surface area contributed by atoms with Gasteiger partial charge in [0, 0.05) is 43.3 Å². The van der Waals surface area contributed by atoms with Crippen LogP contribution in [0.2, 0.25) is 5.02 Å². The van der Waals surface area contributed by atoms with E-state index in [2.05, 4.69) is 5.32 Å². The molecule has 1 aliphatic heterocycles. The number of nitrogens with zero attached hydrogens (tertiary/aromatic N) is 2. The number of hydrogen-bond donors (Lipinski definition) is 1. The summed E-state index contributed by atoms with van der Waals surface area (Å²) < 4.78 is 5.16. The Balaban J connectivity index is 1.48. The SMILES string of the molecule is COc1ccc(CCC(=O)N2CCCN(C(=O)Nc3cccc(Cl)c3)CC2)cc1. The summed E-state index contributed by atoms with van der Waals surface area (Å²) >= 11 is 5.97. The van der Waals surface area contributed by atoms with Gasteiger partial charge in [0.05, 0.1) is 7.11 Å². The number of hydrogen-bond acceptors (Lipinski definition) is 3. The molecule has 7 heteroatoms. The summed E-state index contributed by atoms with van der Waals surface area (Å²) in [6.07, 6.45) is 1.91. The van der Waals surface area contributed by atoms with E-state index >= 15 is 0 Å². The van der Waals surface area contributed by atoms with E-state index in [1.165, 1.54) is 0 Å². The van der Waals surface area contributed by atoms with Crippen molar-refractivity contribution >= 4 is 29.2 Å². The number of amides is 3. The first-order valence-electron chi connectivity index (χ1n) is 9.77. The molecule has 3 rings (SSSR count). The normalized spacial score (nSPS) is 14.3. The lowest BCUT2D eigenvalue weighted by Gasteiger charge is -2.22. The summed E-state index contributed by atoms with van der Waals surface area (Å²) in [6.45, 7) is 2.35. The van der Waals surface area contributed by atoms with E-state index in [9.17, 15) is 9.59 Å². The summed E-state index contributed by atoms with van der Waals surface area (Å²) in [5.41, 5.74) is 1.77. The van der Waals surface area contributed by atoms with Gasteiger partial charge in [0.2, 0.25) is 5.91 Å². The van der Waals surface area contributed by atoms with Gasteiger partial charge in [-0.3, -0.25) is 4.79 Å². The minimum Gasteiger partial charge on any atom is -0.497 e. The fourth-order valence-corrected chi connectivity index (χ4v) is 3.53. The van der Waals surface area contributed by atoms with Gasteiger partial charge < -0.3 is 19.9 Å². The number of nitrogens with one attached hydrogen (secondary N) is 1. The van der Waals surface area contributed by atoms with Crippen molar-refractivity contribution in [1.29, 1.82) is 0 Å². The molecule has 2 aromatic rings. The summed E-state index contributed by atoms with van der Waals surface area (Å²) in [4.78, 5) is 28.8. The fourth-order valence-electron chi connectivity index (χ4n) is 3.34. The summed E-state index contributed by atoms with van der Waals surface area (Å²) in [5.74, 6) is 0.932. The third-order valence-corrected chi connectivity index (χ3v) is 5.23. The lowest BCUT2D eigenvalue weighted by atomic mass is 10.1. The van der Waals surface area contributed by atoms with E-state index < -0.39 is 0 Å². The molecule has 6 nitrogen and oxygen atoms in total. The van der Waals surface area contributed by atoms with Crippen molar-refractivity contribution in [3.8, 4) is 5.75 Å². The minimum absolute atomic E-state index is 0.123. The van der Waals surface area contributed by atoms with Crippen molar-refractivity contribution in [3.63, 3.8) is 0 Å². The summed E-state index contributed by atoms with van der Waals surface area (Å²) in [5, 5.41) is 3.45. The fraction of sp³-hybridized carbons (Fsp3) is 0.364. The van der Waals surface area contributed by atoms with Crippen LogP contribution >= 0.6 is 11.6 Å². The summed E-state index contributed by atoms with van der Waals surface area (Å²) in [6, 6.07) is 14.7. The van der Waals surface area contributed by atoms with Gasteiger partial charge >= 0.3 is 6.03 Å². The van der Waals surface area contributed by atoms with Gasteiger partial charge in [-0.05, 0) is 48.7 Å². The molecule has 1 fully saturated rings. The van der Waals surface area contributed by atoms with Crippen LogP contribution in [0, 0.1) is 0 Å². The first-order valence-corrected chi connectivity index (χ1v) is 10.1. The third kappa shape index (κ3) is 6.12. The molecule has 0 spiro atoms. The molecule has 1 N–H and O–H groups in total. The van der Waals surface area contributed by atoms with Crippen LogP contribution in [0.1, 0.15) is 18.4 Å². The van der Waals surface area contributed by atoms with Crippen molar-refractivity contribution in [2.24, 2.45) is 0 Å². The van der Waals surface area contributed by atoms with Gasteiger partial charge in [0.25, 0.3) is 0 Å². The molecular weight excluding hydrogens is 390 g/mol. The number of carbonyl (C=O) groups excluding carboxylic acids is 2. The molecule has 0 bridgehead atoms. The maximum absolute atomic E-state index is 12.6. The third-order valence-electron chi connectivity index (χ3n) is 5.00. The van der Waals surface area contributed by atoms with Gasteiger partial charge in [-0.2, -0.15) is 0 Å². The zero-order valence-corrected chi connectivity index (χ0v) is 17.3. The topological polar surface area (TPSA) is 61.9 Å². The van der Waals surface area contributed by atoms with Gasteiger partial charge in [-0.15, -0.1) is 0 Å². The van der Waals surface area contributed by atoms with Gasteiger partial charge in [-0.1, -0.05) is 29.8 Å². The number of halogens is 1. The quantitative estimate of drug-likeness (QED) is 0.801. The minimum atomic E-state index is -0.167. The number of ether oxygens (including phenoxy) is 1. The first kappa shape index (κ1) is 21.0. The van der Waals surface area contributed by atoms with Crippen LogP contribution in [0.4, 0.5) is 10.5 Å². The lowest BCUT2D eigenvalue weighted by Crippen LogP contribution is -2.39. The molecule has 0 atom stereocenters. The number of urea groups is 1. The monoisotopic (exact) mass is 415 g/mol. The Hall–Kier alpha value is -2.73. The highest BCUT2D eigenvalue weighted by atomic mass is 35.5. The van der Waals surface area contributed by atoms with E-state index in [0.29, 0.717) is 49.7 Å². The summed E-state index contributed by atoms with van der Waals surface area (Å²) in [7, 11) is 1.64. The van der Waals surface area contributed by atoms with Crippen LogP contribution in [0.25, 0.3) is 0 Å². The van der Waals surface area contributed by atoms with Crippen molar-refractivity contribution < 1.29 is 14.3 Å². The van der Waals surface area contributed by atoms with Crippen LogP contribution in [-0.4, -0.2) is 55.0 Å². The molecule has 0 aromatic heterocycles. The van der Waals surface area contributed by atoms with Crippen LogP contribution in [0.15, 0.2) is 48.5 Å². The van der Waals surface area contributed by atoms with Gasteiger partial charge in [-0.25, -0.2) is 4.79 Å². The molecule has 1 saturated heterocycles. The van der Waals surface area contributed by atoms with E-state index in [-0.39, 0.29) is 11.9 Å². The number of anilines is 1. The van der Waals surface area contributed by atoms with Crippen LogP contribution in [0.5, 0.6) is 5.75 Å². The Morgan fingerprint density at radius 2 is 1.76 bits per heavy atom. The van der Waals surface area contributed by atoms with Crippen molar-refractivity contribution in [3.05, 3.63) is 59.1 Å². The van der Waals surface area contributed by atoms with E-state index in [4.69, 9.17) is 16.3 Å². The highest BCUT2D eigenvalue weighted by molar-refractivity contribution is 6.30. The molecular formula is C22H26ClN3O3. The van der Waals surface area contributed by atoms with E-state index in [1.807, 2.05) is 29.2 Å². The smallest absolute Gasteiger partial charge is 0.321 e. The van der Waals surface area contributed by atoms with Gasteiger partial charge in [0.1, 0.15) is 5.75 Å². The van der Waals surface area contributed by atoms with E-state index in [1.54, 1.807) is 36.3 Å². The Labute approximate surface area is 176 Å². The lowest BCUT2D eigenvalue weighted by molar-refractivity contribution is -0.131. The van der Waals surface area contributed by atoms with Crippen LogP contribution in [0.3, 0.4) is 0 Å². The maximum atomic E-state index is 12.6. The molecule has 2 aromatic carbocycles. The van der Waals surface area contributed by atoms with Crippen molar-refractivity contribution in [2.75, 3.05) is 38.6 Å². The Bertz CT molecular complexity index is 841. The van der Waals surface area contributed by atoms with Crippen molar-refractivity contribution in [2.45, 2.75) is 19.3 Å². The van der Waals surface area contributed by atoms with Gasteiger partial charge in [0.15, 0.2) is 0 Å². The second kappa shape index (κ2) is 10.2. The zero-order valence-electron chi connectivity index (χ0n) is 16.6. The Kier molecular flexibility index (Phi) is 7.36. The highest BCUT2D eigenvalue weighted by Crippen LogP contribution is 2.17. The molecule has 0 aliphatic carbocycles. The predicted molar refractivity (Wildman–Crippen MR) is 115 cm³/mol. The Morgan fingerprint density at radius 1 is 1.03 bits per heavy atom. The number of carbonyl (C=O) groups is 2. The second-order valence-corrected chi connectivity index (χ2v) is 7.45. The number of rotatable bonds is 5. The largest absolute Gasteiger partial charge is 0.497 e. The van der Waals surface area contributed by atoms with Crippen LogP contribution in [-0.2, 0) is 11.2 Å². The number of methoxy groups -OCH3 is 1. The first-order chi connectivity index (χ1) is 14.0. The molecule has 29 heavy (non-hydrogen) atoms. The predicted octanol–water partition coefficient (Wildman–Crippen LogP) is 4.05.